The van der Waals surface area contributed by atoms with Crippen LogP contribution < -0.4 is 0 Å². The lowest BCUT2D eigenvalue weighted by molar-refractivity contribution is -0.197. The molecule has 0 aromatic heterocycles. The highest BCUT2D eigenvalue weighted by molar-refractivity contribution is 6.15. The minimum atomic E-state index is -1.53. The van der Waals surface area contributed by atoms with Gasteiger partial charge in [0, 0.05) is 5.56 Å². The lowest BCUT2D eigenvalue weighted by Crippen LogP contribution is -2.61. The molecule has 1 saturated heterocycles. The summed E-state index contributed by atoms with van der Waals surface area (Å²) in [7, 11) is 0. The highest BCUT2D eigenvalue weighted by Crippen LogP contribution is 2.46. The molecular formula is C26H27F3O3. The zero-order valence-corrected chi connectivity index (χ0v) is 18.6. The number of carbonyl (C=O) groups excluding carboxylic acids is 2. The zero-order valence-electron chi connectivity index (χ0n) is 18.6. The van der Waals surface area contributed by atoms with E-state index in [-0.39, 0.29) is 17.1 Å². The van der Waals surface area contributed by atoms with E-state index in [2.05, 4.69) is 0 Å². The number of ketones is 2. The SMILES string of the molecule is CCc1cc(-c2ccc(F)c(F)c2F)ccc1C1C(=O)C(C)(C)OC2(CCCCC2)C1=O. The molecule has 0 amide bonds. The highest BCUT2D eigenvalue weighted by Gasteiger charge is 2.57. The largest absolute Gasteiger partial charge is 0.353 e. The summed E-state index contributed by atoms with van der Waals surface area (Å²) in [5.41, 5.74) is -0.501. The summed E-state index contributed by atoms with van der Waals surface area (Å²) in [4.78, 5) is 27.0. The molecule has 170 valence electrons. The summed E-state index contributed by atoms with van der Waals surface area (Å²) >= 11 is 0. The molecule has 2 fully saturated rings. The van der Waals surface area contributed by atoms with Gasteiger partial charge in [0.05, 0.1) is 0 Å². The number of carbonyl (C=O) groups is 2. The van der Waals surface area contributed by atoms with E-state index in [4.69, 9.17) is 4.74 Å². The molecule has 2 aliphatic rings. The van der Waals surface area contributed by atoms with Crippen molar-refractivity contribution in [1.82, 2.24) is 0 Å². The molecule has 0 N–H and O–H groups in total. The second-order valence-corrected chi connectivity index (χ2v) is 9.32. The topological polar surface area (TPSA) is 43.4 Å². The number of halogens is 3. The molecule has 1 saturated carbocycles. The van der Waals surface area contributed by atoms with E-state index in [1.54, 1.807) is 32.0 Å². The monoisotopic (exact) mass is 444 g/mol. The maximum absolute atomic E-state index is 14.4. The normalized spacial score (nSPS) is 22.4. The standard InChI is InChI=1S/C26H27F3O3/c1-4-15-14-16(18-10-11-19(27)22(29)21(18)28)8-9-17(15)20-23(30)25(2,3)32-26(24(20)31)12-6-5-7-13-26/h8-11,14,20H,4-7,12-13H2,1-3H3. The molecule has 1 unspecified atom stereocenters. The van der Waals surface area contributed by atoms with Gasteiger partial charge in [-0.1, -0.05) is 44.4 Å². The molecule has 4 rings (SSSR count). The predicted molar refractivity (Wildman–Crippen MR) is 115 cm³/mol. The summed E-state index contributed by atoms with van der Waals surface area (Å²) in [6.45, 7) is 5.30. The molecule has 1 atom stereocenters. The fourth-order valence-electron chi connectivity index (χ4n) is 5.18. The van der Waals surface area contributed by atoms with E-state index < -0.39 is 34.6 Å². The van der Waals surface area contributed by atoms with Crippen LogP contribution in [0.2, 0.25) is 0 Å². The van der Waals surface area contributed by atoms with Gasteiger partial charge < -0.3 is 4.74 Å². The minimum absolute atomic E-state index is 0.0705. The van der Waals surface area contributed by atoms with E-state index in [0.717, 1.165) is 25.3 Å². The van der Waals surface area contributed by atoms with Crippen molar-refractivity contribution in [3.8, 4) is 11.1 Å². The molecule has 0 radical (unpaired) electrons. The lowest BCUT2D eigenvalue weighted by Gasteiger charge is -2.48. The number of hydrogen-bond donors (Lipinski definition) is 0. The van der Waals surface area contributed by atoms with E-state index in [1.165, 1.54) is 6.07 Å². The van der Waals surface area contributed by atoms with E-state index in [9.17, 15) is 22.8 Å². The van der Waals surface area contributed by atoms with Crippen molar-refractivity contribution in [1.29, 1.82) is 0 Å². The van der Waals surface area contributed by atoms with Crippen LogP contribution in [-0.4, -0.2) is 22.8 Å². The predicted octanol–water partition coefficient (Wildman–Crippen LogP) is 6.07. The van der Waals surface area contributed by atoms with Gasteiger partial charge in [0.25, 0.3) is 0 Å². The summed E-state index contributed by atoms with van der Waals surface area (Å²) in [6.07, 6.45) is 4.46. The quantitative estimate of drug-likeness (QED) is 0.427. The van der Waals surface area contributed by atoms with E-state index >= 15 is 0 Å². The first-order chi connectivity index (χ1) is 15.1. The minimum Gasteiger partial charge on any atom is -0.353 e. The van der Waals surface area contributed by atoms with Crippen LogP contribution in [0.3, 0.4) is 0 Å². The Morgan fingerprint density at radius 2 is 1.62 bits per heavy atom. The fourth-order valence-corrected chi connectivity index (χ4v) is 5.18. The van der Waals surface area contributed by atoms with Gasteiger partial charge in [0.2, 0.25) is 0 Å². The van der Waals surface area contributed by atoms with Crippen molar-refractivity contribution in [2.24, 2.45) is 0 Å². The first-order valence-electron chi connectivity index (χ1n) is 11.2. The Bertz CT molecular complexity index is 1080. The van der Waals surface area contributed by atoms with E-state index in [1.807, 2.05) is 6.92 Å². The van der Waals surface area contributed by atoms with Crippen molar-refractivity contribution >= 4 is 11.6 Å². The second kappa shape index (κ2) is 8.14. The molecule has 0 bridgehead atoms. The van der Waals surface area contributed by atoms with Gasteiger partial charge in [-0.25, -0.2) is 13.2 Å². The summed E-state index contributed by atoms with van der Waals surface area (Å²) in [5.74, 6) is -5.50. The lowest BCUT2D eigenvalue weighted by atomic mass is 9.68. The van der Waals surface area contributed by atoms with Crippen molar-refractivity contribution in [2.75, 3.05) is 0 Å². The van der Waals surface area contributed by atoms with Crippen LogP contribution in [0.1, 0.15) is 69.9 Å². The molecule has 1 aliphatic carbocycles. The number of rotatable bonds is 3. The molecule has 32 heavy (non-hydrogen) atoms. The number of aryl methyl sites for hydroxylation is 1. The third-order valence-electron chi connectivity index (χ3n) is 6.86. The smallest absolute Gasteiger partial charge is 0.195 e. The van der Waals surface area contributed by atoms with Crippen LogP contribution in [0.5, 0.6) is 0 Å². The molecule has 6 heteroatoms. The highest BCUT2D eigenvalue weighted by atomic mass is 19.2. The maximum Gasteiger partial charge on any atom is 0.195 e. The number of hydrogen-bond acceptors (Lipinski definition) is 3. The Morgan fingerprint density at radius 3 is 2.28 bits per heavy atom. The zero-order chi connectivity index (χ0) is 23.3. The molecule has 1 aliphatic heterocycles. The van der Waals surface area contributed by atoms with E-state index in [0.29, 0.717) is 36.0 Å². The number of benzene rings is 2. The fraction of sp³-hybridized carbons (Fsp3) is 0.462. The summed E-state index contributed by atoms with van der Waals surface area (Å²) in [6, 6.07) is 6.93. The van der Waals surface area contributed by atoms with Crippen molar-refractivity contribution < 1.29 is 27.5 Å². The Hall–Kier alpha value is -2.47. The molecule has 2 aromatic rings. The number of ether oxygens (including phenoxy) is 1. The van der Waals surface area contributed by atoms with Gasteiger partial charge in [-0.3, -0.25) is 9.59 Å². The van der Waals surface area contributed by atoms with Crippen LogP contribution >= 0.6 is 0 Å². The van der Waals surface area contributed by atoms with Gasteiger partial charge in [0.1, 0.15) is 17.1 Å². The van der Waals surface area contributed by atoms with Crippen LogP contribution in [0, 0.1) is 17.5 Å². The Labute approximate surface area is 186 Å². The molecule has 2 aromatic carbocycles. The van der Waals surface area contributed by atoms with Gasteiger partial charge in [0.15, 0.2) is 29.0 Å². The van der Waals surface area contributed by atoms with Gasteiger partial charge in [-0.15, -0.1) is 0 Å². The van der Waals surface area contributed by atoms with Crippen LogP contribution in [0.15, 0.2) is 30.3 Å². The van der Waals surface area contributed by atoms with Crippen molar-refractivity contribution in [3.05, 3.63) is 58.9 Å². The number of Topliss-reactive ketones (excluding diaryl/α,β-unsaturated/α-hetero) is 2. The van der Waals surface area contributed by atoms with Gasteiger partial charge >= 0.3 is 0 Å². The third kappa shape index (κ3) is 3.58. The van der Waals surface area contributed by atoms with Crippen molar-refractivity contribution in [2.45, 2.75) is 76.4 Å². The van der Waals surface area contributed by atoms with Crippen LogP contribution in [0.25, 0.3) is 11.1 Å². The summed E-state index contributed by atoms with van der Waals surface area (Å²) in [5, 5.41) is 0. The van der Waals surface area contributed by atoms with Crippen LogP contribution in [-0.2, 0) is 20.7 Å². The first-order valence-corrected chi connectivity index (χ1v) is 11.2. The summed E-state index contributed by atoms with van der Waals surface area (Å²) < 4.78 is 47.6. The Morgan fingerprint density at radius 1 is 0.938 bits per heavy atom. The molecule has 1 heterocycles. The van der Waals surface area contributed by atoms with Crippen molar-refractivity contribution in [3.63, 3.8) is 0 Å². The average Bonchev–Trinajstić information content (AvgIpc) is 2.77. The average molecular weight is 444 g/mol. The molecule has 3 nitrogen and oxygen atoms in total. The first kappa shape index (κ1) is 22.7. The second-order valence-electron chi connectivity index (χ2n) is 9.32. The van der Waals surface area contributed by atoms with Gasteiger partial charge in [-0.2, -0.15) is 0 Å². The Kier molecular flexibility index (Phi) is 5.78. The maximum atomic E-state index is 14.4. The Balaban J connectivity index is 1.81. The van der Waals surface area contributed by atoms with Crippen LogP contribution in [0.4, 0.5) is 13.2 Å². The molecule has 1 spiro atoms. The van der Waals surface area contributed by atoms with Gasteiger partial charge in [-0.05, 0) is 61.9 Å². The third-order valence-corrected chi connectivity index (χ3v) is 6.86. The molecular weight excluding hydrogens is 417 g/mol.